The van der Waals surface area contributed by atoms with E-state index in [1.165, 1.54) is 18.4 Å². The molecule has 0 saturated carbocycles. The fraction of sp³-hybridized carbons (Fsp3) is 0.350. The number of methoxy groups -OCH3 is 1. The van der Waals surface area contributed by atoms with Crippen LogP contribution in [0.2, 0.25) is 0 Å². The van der Waals surface area contributed by atoms with Crippen molar-refractivity contribution in [3.8, 4) is 5.75 Å². The van der Waals surface area contributed by atoms with Gasteiger partial charge in [0.15, 0.2) is 0 Å². The van der Waals surface area contributed by atoms with Crippen molar-refractivity contribution >= 4 is 28.5 Å². The summed E-state index contributed by atoms with van der Waals surface area (Å²) in [7, 11) is 1.68. The van der Waals surface area contributed by atoms with Crippen molar-refractivity contribution in [2.45, 2.75) is 18.9 Å². The minimum absolute atomic E-state index is 0.0226. The Kier molecular flexibility index (Phi) is 6.31. The number of carbonyl (C=O) groups excluding carboxylic acids is 1. The Hall–Kier alpha value is -1.60. The summed E-state index contributed by atoms with van der Waals surface area (Å²) in [6.45, 7) is 2.74. The van der Waals surface area contributed by atoms with Crippen LogP contribution in [0.1, 0.15) is 34.8 Å². The normalized spacial score (nSPS) is 15.8. The second-order valence-corrected chi connectivity index (χ2v) is 7.50. The monoisotopic (exact) mass is 450 g/mol. The van der Waals surface area contributed by atoms with Gasteiger partial charge in [0.05, 0.1) is 13.2 Å². The van der Waals surface area contributed by atoms with E-state index in [0.29, 0.717) is 12.1 Å². The lowest BCUT2D eigenvalue weighted by Gasteiger charge is -2.28. The summed E-state index contributed by atoms with van der Waals surface area (Å²) < 4.78 is 6.43. The maximum atomic E-state index is 12.5. The van der Waals surface area contributed by atoms with Crippen molar-refractivity contribution in [3.63, 3.8) is 0 Å². The van der Waals surface area contributed by atoms with Crippen LogP contribution in [0.3, 0.4) is 0 Å². The third kappa shape index (κ3) is 4.73. The first kappa shape index (κ1) is 18.2. The molecule has 2 aromatic carbocycles. The Bertz CT molecular complexity index is 729. The number of rotatable bonds is 6. The van der Waals surface area contributed by atoms with Crippen LogP contribution < -0.4 is 10.1 Å². The van der Waals surface area contributed by atoms with Crippen LogP contribution in [0.15, 0.2) is 48.5 Å². The summed E-state index contributed by atoms with van der Waals surface area (Å²) in [5, 5.41) is 3.11. The van der Waals surface area contributed by atoms with Gasteiger partial charge < -0.3 is 10.1 Å². The summed E-state index contributed by atoms with van der Waals surface area (Å²) in [4.78, 5) is 15.0. The summed E-state index contributed by atoms with van der Waals surface area (Å²) in [5.74, 6) is 0.830. The van der Waals surface area contributed by atoms with Crippen LogP contribution in [0.4, 0.5) is 0 Å². The number of halogens is 1. The number of ether oxygens (including phenoxy) is 1. The molecule has 1 fully saturated rings. The lowest BCUT2D eigenvalue weighted by molar-refractivity contribution is 0.0938. The van der Waals surface area contributed by atoms with Crippen molar-refractivity contribution in [1.82, 2.24) is 10.2 Å². The van der Waals surface area contributed by atoms with Crippen LogP contribution in [0.25, 0.3) is 0 Å². The predicted molar refractivity (Wildman–Crippen MR) is 108 cm³/mol. The predicted octanol–water partition coefficient (Wildman–Crippen LogP) is 3.87. The van der Waals surface area contributed by atoms with Crippen molar-refractivity contribution in [1.29, 1.82) is 0 Å². The summed E-state index contributed by atoms with van der Waals surface area (Å²) >= 11 is 2.23. The van der Waals surface area contributed by atoms with Crippen LogP contribution in [-0.2, 0) is 0 Å². The highest BCUT2D eigenvalue weighted by Gasteiger charge is 2.24. The Morgan fingerprint density at radius 3 is 2.68 bits per heavy atom. The number of benzene rings is 2. The molecule has 1 heterocycles. The highest BCUT2D eigenvalue weighted by Crippen LogP contribution is 2.27. The van der Waals surface area contributed by atoms with Gasteiger partial charge in [-0.2, -0.15) is 0 Å². The van der Waals surface area contributed by atoms with Crippen molar-refractivity contribution in [2.75, 3.05) is 26.7 Å². The van der Waals surface area contributed by atoms with Gasteiger partial charge in [0.2, 0.25) is 0 Å². The van der Waals surface area contributed by atoms with Gasteiger partial charge in [-0.05, 0) is 84.4 Å². The Morgan fingerprint density at radius 1 is 1.20 bits per heavy atom. The largest absolute Gasteiger partial charge is 0.497 e. The molecule has 1 N–H and O–H groups in total. The number of hydrogen-bond acceptors (Lipinski definition) is 3. The van der Waals surface area contributed by atoms with E-state index in [1.807, 2.05) is 36.4 Å². The van der Waals surface area contributed by atoms with Gasteiger partial charge in [0, 0.05) is 15.7 Å². The van der Waals surface area contributed by atoms with Gasteiger partial charge in [-0.15, -0.1) is 0 Å². The van der Waals surface area contributed by atoms with Gasteiger partial charge in [0.1, 0.15) is 5.75 Å². The van der Waals surface area contributed by atoms with Crippen molar-refractivity contribution in [3.05, 3.63) is 63.2 Å². The molecule has 1 aliphatic rings. The zero-order valence-electron chi connectivity index (χ0n) is 14.4. The van der Waals surface area contributed by atoms with Crippen molar-refractivity contribution < 1.29 is 9.53 Å². The number of hydrogen-bond donors (Lipinski definition) is 1. The molecule has 0 spiro atoms. The number of nitrogens with zero attached hydrogens (tertiary/aromatic N) is 1. The van der Waals surface area contributed by atoms with Crippen LogP contribution >= 0.6 is 22.6 Å². The van der Waals surface area contributed by atoms with Crippen LogP contribution in [0.5, 0.6) is 5.75 Å². The number of nitrogens with one attached hydrogen (secondary N) is 1. The maximum absolute atomic E-state index is 12.5. The second-order valence-electron chi connectivity index (χ2n) is 6.26. The van der Waals surface area contributed by atoms with E-state index in [9.17, 15) is 4.79 Å². The van der Waals surface area contributed by atoms with E-state index in [1.54, 1.807) is 7.11 Å². The quantitative estimate of drug-likeness (QED) is 0.680. The first-order chi connectivity index (χ1) is 12.2. The average molecular weight is 450 g/mol. The third-order valence-corrected chi connectivity index (χ3v) is 5.27. The van der Waals surface area contributed by atoms with E-state index in [0.717, 1.165) is 22.4 Å². The molecular formula is C20H23IN2O2. The molecule has 0 bridgehead atoms. The SMILES string of the molecule is COc1cccc(C(CNC(=O)c2cccc(I)c2)N2CCCC2)c1. The second kappa shape index (κ2) is 8.67. The number of likely N-dealkylation sites (tertiary alicyclic amines) is 1. The molecule has 1 aliphatic heterocycles. The number of amides is 1. The lowest BCUT2D eigenvalue weighted by atomic mass is 10.0. The zero-order chi connectivity index (χ0) is 17.6. The molecule has 1 atom stereocenters. The van der Waals surface area contributed by atoms with Crippen LogP contribution in [-0.4, -0.2) is 37.6 Å². The van der Waals surface area contributed by atoms with E-state index < -0.39 is 0 Å². The minimum atomic E-state index is -0.0226. The summed E-state index contributed by atoms with van der Waals surface area (Å²) in [6.07, 6.45) is 2.43. The molecule has 2 aromatic rings. The van der Waals surface area contributed by atoms with Crippen LogP contribution in [0, 0.1) is 3.57 Å². The van der Waals surface area contributed by atoms with E-state index >= 15 is 0 Å². The topological polar surface area (TPSA) is 41.6 Å². The Morgan fingerprint density at radius 2 is 1.96 bits per heavy atom. The molecule has 0 aromatic heterocycles. The average Bonchev–Trinajstić information content (AvgIpc) is 3.16. The molecule has 1 saturated heterocycles. The fourth-order valence-electron chi connectivity index (χ4n) is 3.28. The van der Waals surface area contributed by atoms with Crippen molar-refractivity contribution in [2.24, 2.45) is 0 Å². The van der Waals surface area contributed by atoms with Gasteiger partial charge in [-0.25, -0.2) is 0 Å². The molecule has 4 nitrogen and oxygen atoms in total. The fourth-order valence-corrected chi connectivity index (χ4v) is 3.82. The zero-order valence-corrected chi connectivity index (χ0v) is 16.5. The molecular weight excluding hydrogens is 427 g/mol. The Labute approximate surface area is 162 Å². The van der Waals surface area contributed by atoms with E-state index in [2.05, 4.69) is 44.9 Å². The molecule has 25 heavy (non-hydrogen) atoms. The highest BCUT2D eigenvalue weighted by atomic mass is 127. The minimum Gasteiger partial charge on any atom is -0.497 e. The standard InChI is InChI=1S/C20H23IN2O2/c1-25-18-9-5-6-15(13-18)19(23-10-2-3-11-23)14-22-20(24)16-7-4-8-17(21)12-16/h4-9,12-13,19H,2-3,10-11,14H2,1H3,(H,22,24). The first-order valence-corrected chi connectivity index (χ1v) is 9.67. The molecule has 132 valence electrons. The molecule has 0 aliphatic carbocycles. The van der Waals surface area contributed by atoms with Gasteiger partial charge in [-0.3, -0.25) is 9.69 Å². The highest BCUT2D eigenvalue weighted by molar-refractivity contribution is 14.1. The van der Waals surface area contributed by atoms with E-state index in [4.69, 9.17) is 4.74 Å². The Balaban J connectivity index is 1.74. The van der Waals surface area contributed by atoms with Gasteiger partial charge >= 0.3 is 0 Å². The lowest BCUT2D eigenvalue weighted by Crippen LogP contribution is -2.36. The molecule has 1 amide bonds. The number of carbonyl (C=O) groups is 1. The van der Waals surface area contributed by atoms with E-state index in [-0.39, 0.29) is 11.9 Å². The summed E-state index contributed by atoms with van der Waals surface area (Å²) in [5.41, 5.74) is 1.89. The summed E-state index contributed by atoms with van der Waals surface area (Å²) in [6, 6.07) is 16.0. The van der Waals surface area contributed by atoms with Gasteiger partial charge in [-0.1, -0.05) is 18.2 Å². The molecule has 5 heteroatoms. The molecule has 1 unspecified atom stereocenters. The molecule has 3 rings (SSSR count). The third-order valence-electron chi connectivity index (χ3n) is 4.60. The smallest absolute Gasteiger partial charge is 0.251 e. The maximum Gasteiger partial charge on any atom is 0.251 e. The molecule has 0 radical (unpaired) electrons. The first-order valence-electron chi connectivity index (χ1n) is 8.59. The van der Waals surface area contributed by atoms with Gasteiger partial charge in [0.25, 0.3) is 5.91 Å².